The van der Waals surface area contributed by atoms with Crippen LogP contribution in [-0.4, -0.2) is 32.1 Å². The first kappa shape index (κ1) is 11.6. The second kappa shape index (κ2) is 4.98. The lowest BCUT2D eigenvalue weighted by molar-refractivity contribution is 0.399. The van der Waals surface area contributed by atoms with Gasteiger partial charge in [-0.2, -0.15) is 0 Å². The molecule has 0 bridgehead atoms. The molecule has 88 valence electrons. The molecule has 0 spiro atoms. The van der Waals surface area contributed by atoms with Gasteiger partial charge in [0.2, 0.25) is 0 Å². The zero-order chi connectivity index (χ0) is 11.5. The Kier molecular flexibility index (Phi) is 3.62. The topological polar surface area (TPSA) is 15.3 Å². The van der Waals surface area contributed by atoms with Crippen LogP contribution in [-0.2, 0) is 6.54 Å². The molecular weight excluding hydrogens is 196 g/mol. The van der Waals surface area contributed by atoms with E-state index >= 15 is 0 Å². The van der Waals surface area contributed by atoms with E-state index in [4.69, 9.17) is 0 Å². The maximum atomic E-state index is 3.45. The Morgan fingerprint density at radius 2 is 2.19 bits per heavy atom. The zero-order valence-corrected chi connectivity index (χ0v) is 10.6. The summed E-state index contributed by atoms with van der Waals surface area (Å²) in [7, 11) is 4.28. The van der Waals surface area contributed by atoms with Crippen molar-refractivity contribution in [3.63, 3.8) is 0 Å². The normalized spacial score (nSPS) is 20.6. The van der Waals surface area contributed by atoms with Crippen molar-refractivity contribution in [2.75, 3.05) is 27.2 Å². The van der Waals surface area contributed by atoms with E-state index in [1.165, 1.54) is 24.1 Å². The molecule has 2 nitrogen and oxygen atoms in total. The molecule has 0 unspecified atom stereocenters. The summed E-state index contributed by atoms with van der Waals surface area (Å²) in [5.74, 6) is 0.718. The Balaban J connectivity index is 2.27. The highest BCUT2D eigenvalue weighted by Crippen LogP contribution is 2.27. The number of hydrogen-bond acceptors (Lipinski definition) is 2. The number of benzene rings is 1. The average Bonchev–Trinajstić information content (AvgIpc) is 2.69. The molecule has 1 heterocycles. The fraction of sp³-hybridized carbons (Fsp3) is 0.571. The van der Waals surface area contributed by atoms with Crippen LogP contribution in [0.15, 0.2) is 18.2 Å². The van der Waals surface area contributed by atoms with E-state index in [2.05, 4.69) is 49.4 Å². The molecule has 1 aliphatic rings. The summed E-state index contributed by atoms with van der Waals surface area (Å²) in [6.07, 6.45) is 1.28. The molecule has 2 rings (SSSR count). The van der Waals surface area contributed by atoms with Crippen molar-refractivity contribution >= 4 is 0 Å². The Bertz CT molecular complexity index is 352. The third-order valence-electron chi connectivity index (χ3n) is 3.29. The Morgan fingerprint density at radius 1 is 1.38 bits per heavy atom. The van der Waals surface area contributed by atoms with Crippen molar-refractivity contribution in [1.29, 1.82) is 0 Å². The van der Waals surface area contributed by atoms with Crippen LogP contribution < -0.4 is 5.32 Å². The van der Waals surface area contributed by atoms with Gasteiger partial charge in [-0.3, -0.25) is 0 Å². The summed E-state index contributed by atoms with van der Waals surface area (Å²) in [5, 5.41) is 3.45. The smallest absolute Gasteiger partial charge is 0.0230 e. The largest absolute Gasteiger partial charge is 0.316 e. The first-order valence-corrected chi connectivity index (χ1v) is 6.11. The van der Waals surface area contributed by atoms with Crippen LogP contribution in [0.1, 0.15) is 29.0 Å². The molecule has 0 saturated carbocycles. The first-order valence-electron chi connectivity index (χ1n) is 6.11. The minimum absolute atomic E-state index is 0.718. The summed E-state index contributed by atoms with van der Waals surface area (Å²) >= 11 is 0. The highest BCUT2D eigenvalue weighted by Gasteiger charge is 2.19. The predicted molar refractivity (Wildman–Crippen MR) is 68.8 cm³/mol. The van der Waals surface area contributed by atoms with E-state index in [-0.39, 0.29) is 0 Å². The second-order valence-electron chi connectivity index (χ2n) is 5.13. The standard InChI is InChI=1S/C14H22N2/c1-11-4-5-14(12-6-7-15-9-12)13(8-11)10-16(2)3/h4-5,8,12,15H,6-7,9-10H2,1-3H3/t12-/m0/s1. The van der Waals surface area contributed by atoms with Gasteiger partial charge in [-0.25, -0.2) is 0 Å². The van der Waals surface area contributed by atoms with Gasteiger partial charge in [0, 0.05) is 13.1 Å². The number of nitrogens with zero attached hydrogens (tertiary/aromatic N) is 1. The third-order valence-corrected chi connectivity index (χ3v) is 3.29. The summed E-state index contributed by atoms with van der Waals surface area (Å²) in [5.41, 5.74) is 4.41. The molecule has 2 heteroatoms. The molecule has 1 saturated heterocycles. The lowest BCUT2D eigenvalue weighted by atomic mass is 9.92. The van der Waals surface area contributed by atoms with Crippen LogP contribution >= 0.6 is 0 Å². The second-order valence-corrected chi connectivity index (χ2v) is 5.13. The molecule has 1 N–H and O–H groups in total. The van der Waals surface area contributed by atoms with Gasteiger partial charge in [-0.1, -0.05) is 23.8 Å². The molecular formula is C14H22N2. The van der Waals surface area contributed by atoms with E-state index in [1.807, 2.05) is 0 Å². The van der Waals surface area contributed by atoms with Crippen LogP contribution in [0.4, 0.5) is 0 Å². The van der Waals surface area contributed by atoms with Crippen molar-refractivity contribution in [1.82, 2.24) is 10.2 Å². The summed E-state index contributed by atoms with van der Waals surface area (Å²) in [4.78, 5) is 2.25. The van der Waals surface area contributed by atoms with E-state index in [9.17, 15) is 0 Å². The van der Waals surface area contributed by atoms with Gasteiger partial charge >= 0.3 is 0 Å². The minimum Gasteiger partial charge on any atom is -0.316 e. The van der Waals surface area contributed by atoms with E-state index < -0.39 is 0 Å². The zero-order valence-electron chi connectivity index (χ0n) is 10.6. The molecule has 0 radical (unpaired) electrons. The monoisotopic (exact) mass is 218 g/mol. The number of aryl methyl sites for hydroxylation is 1. The summed E-state index contributed by atoms with van der Waals surface area (Å²) in [6.45, 7) is 5.53. The van der Waals surface area contributed by atoms with Gasteiger partial charge in [-0.15, -0.1) is 0 Å². The van der Waals surface area contributed by atoms with Crippen molar-refractivity contribution in [3.05, 3.63) is 34.9 Å². The molecule has 0 amide bonds. The quantitative estimate of drug-likeness (QED) is 0.836. The molecule has 0 aliphatic carbocycles. The molecule has 1 fully saturated rings. The Morgan fingerprint density at radius 3 is 2.81 bits per heavy atom. The average molecular weight is 218 g/mol. The molecule has 16 heavy (non-hydrogen) atoms. The maximum Gasteiger partial charge on any atom is 0.0230 e. The van der Waals surface area contributed by atoms with Gasteiger partial charge < -0.3 is 10.2 Å². The van der Waals surface area contributed by atoms with Gasteiger partial charge in [-0.05, 0) is 51.0 Å². The van der Waals surface area contributed by atoms with E-state index in [0.717, 1.165) is 19.0 Å². The number of nitrogens with one attached hydrogen (secondary N) is 1. The van der Waals surface area contributed by atoms with Crippen molar-refractivity contribution in [2.24, 2.45) is 0 Å². The van der Waals surface area contributed by atoms with Crippen molar-refractivity contribution in [3.8, 4) is 0 Å². The fourth-order valence-electron chi connectivity index (χ4n) is 2.53. The molecule has 1 aliphatic heterocycles. The van der Waals surface area contributed by atoms with Crippen LogP contribution in [0.2, 0.25) is 0 Å². The van der Waals surface area contributed by atoms with Crippen LogP contribution in [0.3, 0.4) is 0 Å². The molecule has 1 atom stereocenters. The summed E-state index contributed by atoms with van der Waals surface area (Å²) in [6, 6.07) is 6.91. The van der Waals surface area contributed by atoms with E-state index in [1.54, 1.807) is 5.56 Å². The highest BCUT2D eigenvalue weighted by molar-refractivity contribution is 5.35. The Labute approximate surface area is 98.7 Å². The molecule has 0 aromatic heterocycles. The number of rotatable bonds is 3. The van der Waals surface area contributed by atoms with Crippen LogP contribution in [0.5, 0.6) is 0 Å². The van der Waals surface area contributed by atoms with Crippen LogP contribution in [0.25, 0.3) is 0 Å². The SMILES string of the molecule is Cc1ccc([C@H]2CCNC2)c(CN(C)C)c1. The van der Waals surface area contributed by atoms with Crippen LogP contribution in [0, 0.1) is 6.92 Å². The molecule has 1 aromatic rings. The lowest BCUT2D eigenvalue weighted by Gasteiger charge is -2.18. The van der Waals surface area contributed by atoms with Crippen molar-refractivity contribution < 1.29 is 0 Å². The minimum atomic E-state index is 0.718. The van der Waals surface area contributed by atoms with Crippen molar-refractivity contribution in [2.45, 2.75) is 25.8 Å². The van der Waals surface area contributed by atoms with Gasteiger partial charge in [0.1, 0.15) is 0 Å². The fourth-order valence-corrected chi connectivity index (χ4v) is 2.53. The molecule has 1 aromatic carbocycles. The van der Waals surface area contributed by atoms with Gasteiger partial charge in [0.05, 0.1) is 0 Å². The van der Waals surface area contributed by atoms with Gasteiger partial charge in [0.25, 0.3) is 0 Å². The maximum absolute atomic E-state index is 3.45. The lowest BCUT2D eigenvalue weighted by Crippen LogP contribution is -2.15. The highest BCUT2D eigenvalue weighted by atomic mass is 15.0. The Hall–Kier alpha value is -0.860. The van der Waals surface area contributed by atoms with E-state index in [0.29, 0.717) is 0 Å². The third kappa shape index (κ3) is 2.63. The predicted octanol–water partition coefficient (Wildman–Crippen LogP) is 2.13. The first-order chi connectivity index (χ1) is 7.66. The number of hydrogen-bond donors (Lipinski definition) is 1. The summed E-state index contributed by atoms with van der Waals surface area (Å²) < 4.78 is 0. The van der Waals surface area contributed by atoms with Gasteiger partial charge in [0.15, 0.2) is 0 Å².